The predicted octanol–water partition coefficient (Wildman–Crippen LogP) is 5.72. The summed E-state index contributed by atoms with van der Waals surface area (Å²) in [5.41, 5.74) is 6.26. The Hall–Kier alpha value is -3.43. The van der Waals surface area contributed by atoms with Gasteiger partial charge in [-0.15, -0.1) is 10.2 Å². The largest absolute Gasteiger partial charge is 0.370 e. The van der Waals surface area contributed by atoms with Crippen LogP contribution in [0.1, 0.15) is 55.0 Å². The fourth-order valence-electron chi connectivity index (χ4n) is 6.44. The number of nitrogens with one attached hydrogen (secondary N) is 1. The number of anilines is 2. The van der Waals surface area contributed by atoms with Gasteiger partial charge in [-0.2, -0.15) is 0 Å². The van der Waals surface area contributed by atoms with E-state index in [0.29, 0.717) is 16.9 Å². The molecule has 0 unspecified atom stereocenters. The minimum Gasteiger partial charge on any atom is -0.370 e. The van der Waals surface area contributed by atoms with Gasteiger partial charge in [-0.25, -0.2) is 4.68 Å². The van der Waals surface area contributed by atoms with Crippen LogP contribution in [0.25, 0.3) is 0 Å². The summed E-state index contributed by atoms with van der Waals surface area (Å²) in [7, 11) is 0. The van der Waals surface area contributed by atoms with Gasteiger partial charge in [0.25, 0.3) is 0 Å². The van der Waals surface area contributed by atoms with Gasteiger partial charge in [0.2, 0.25) is 0 Å². The molecule has 6 rings (SSSR count). The van der Waals surface area contributed by atoms with Crippen LogP contribution >= 0.6 is 23.8 Å². The lowest BCUT2D eigenvalue weighted by molar-refractivity contribution is 0.357. The van der Waals surface area contributed by atoms with Crippen LogP contribution in [-0.4, -0.2) is 42.7 Å². The molecule has 4 aromatic rings. The average Bonchev–Trinajstić information content (AvgIpc) is 3.61. The first-order valence-electron chi connectivity index (χ1n) is 13.4. The monoisotopic (exact) mass is 560 g/mol. The molecule has 0 spiro atoms. The Kier molecular flexibility index (Phi) is 6.81. The number of hydrogen-bond donors (Lipinski definition) is 1. The van der Waals surface area contributed by atoms with Crippen LogP contribution in [0.15, 0.2) is 61.3 Å². The normalized spacial score (nSPS) is 23.4. The van der Waals surface area contributed by atoms with Crippen molar-refractivity contribution in [2.75, 3.05) is 22.9 Å². The zero-order valence-corrected chi connectivity index (χ0v) is 24.2. The first-order valence-corrected chi connectivity index (χ1v) is 14.2. The highest BCUT2D eigenvalue weighted by Crippen LogP contribution is 2.45. The Morgan fingerprint density at radius 2 is 1.74 bits per heavy atom. The third kappa shape index (κ3) is 4.67. The van der Waals surface area contributed by atoms with Crippen LogP contribution in [0.4, 0.5) is 11.4 Å². The highest BCUT2D eigenvalue weighted by atomic mass is 35.5. The number of aromatic nitrogens is 5. The molecule has 2 saturated heterocycles. The fraction of sp³-hybridized carbons (Fsp3) is 0.379. The van der Waals surface area contributed by atoms with Crippen molar-refractivity contribution in [3.8, 4) is 0 Å². The van der Waals surface area contributed by atoms with Crippen molar-refractivity contribution < 1.29 is 0 Å². The highest BCUT2D eigenvalue weighted by molar-refractivity contribution is 7.80. The van der Waals surface area contributed by atoms with Crippen LogP contribution in [0.3, 0.4) is 0 Å². The SMILES string of the molecule is Cc1cc([C@@H]2[C@@H](c3ccccn3)NC(=S)N2c2ccc(N3C[C@H](C)C[C@H](C)C3)c(Cl)c2)c(C)n1-n1cnnc1. The maximum atomic E-state index is 6.99. The molecule has 202 valence electrons. The zero-order valence-electron chi connectivity index (χ0n) is 22.6. The van der Waals surface area contributed by atoms with Crippen LogP contribution in [0.5, 0.6) is 0 Å². The number of benzene rings is 1. The summed E-state index contributed by atoms with van der Waals surface area (Å²) in [6, 6.07) is 14.3. The van der Waals surface area contributed by atoms with Crippen molar-refractivity contribution in [3.05, 3.63) is 89.0 Å². The summed E-state index contributed by atoms with van der Waals surface area (Å²) >= 11 is 13.0. The Labute approximate surface area is 239 Å². The number of rotatable bonds is 5. The molecule has 10 heteroatoms. The lowest BCUT2D eigenvalue weighted by Gasteiger charge is -2.37. The fourth-order valence-corrected chi connectivity index (χ4v) is 7.08. The number of nitrogens with zero attached hydrogens (tertiary/aromatic N) is 7. The molecule has 2 aliphatic rings. The molecule has 1 N–H and O–H groups in total. The third-order valence-electron chi connectivity index (χ3n) is 7.91. The van der Waals surface area contributed by atoms with Gasteiger partial charge in [-0.05, 0) is 80.7 Å². The maximum absolute atomic E-state index is 6.99. The van der Waals surface area contributed by atoms with Crippen LogP contribution < -0.4 is 15.1 Å². The average molecular weight is 561 g/mol. The number of halogens is 1. The number of aryl methyl sites for hydroxylation is 1. The standard InChI is InChI=1S/C29H33ClN8S/c1-18-11-19(2)15-35(14-18)26-9-8-22(13-24(26)30)37-28(27(34-29(37)39)25-7-5-6-10-31-25)23-12-20(3)38(21(23)4)36-16-32-33-17-36/h5-10,12-13,16-19,27-28H,11,14-15H2,1-4H3,(H,34,39)/t18-,19+,27-,28-/m1/s1. The number of thiocarbonyl (C=S) groups is 1. The van der Waals surface area contributed by atoms with Crippen molar-refractivity contribution in [2.24, 2.45) is 11.8 Å². The van der Waals surface area contributed by atoms with E-state index in [0.717, 1.165) is 52.1 Å². The molecule has 0 saturated carbocycles. The number of hydrogen-bond acceptors (Lipinski definition) is 5. The molecule has 1 aromatic carbocycles. The molecule has 39 heavy (non-hydrogen) atoms. The van der Waals surface area contributed by atoms with E-state index in [-0.39, 0.29) is 12.1 Å². The number of piperidine rings is 1. The molecule has 0 amide bonds. The second-order valence-corrected chi connectivity index (χ2v) is 11.8. The predicted molar refractivity (Wildman–Crippen MR) is 159 cm³/mol. The molecule has 2 aliphatic heterocycles. The van der Waals surface area contributed by atoms with Crippen molar-refractivity contribution >= 4 is 40.3 Å². The van der Waals surface area contributed by atoms with Crippen molar-refractivity contribution in [1.82, 2.24) is 29.9 Å². The lowest BCUT2D eigenvalue weighted by Crippen LogP contribution is -2.38. The number of pyridine rings is 1. The van der Waals surface area contributed by atoms with Gasteiger partial charge < -0.3 is 15.1 Å². The van der Waals surface area contributed by atoms with Gasteiger partial charge >= 0.3 is 0 Å². The third-order valence-corrected chi connectivity index (χ3v) is 8.52. The van der Waals surface area contributed by atoms with Crippen LogP contribution in [0.2, 0.25) is 5.02 Å². The summed E-state index contributed by atoms with van der Waals surface area (Å²) in [6.45, 7) is 10.9. The summed E-state index contributed by atoms with van der Waals surface area (Å²) in [4.78, 5) is 9.31. The second-order valence-electron chi connectivity index (χ2n) is 11.0. The molecule has 5 heterocycles. The molecule has 2 fully saturated rings. The second kappa shape index (κ2) is 10.3. The Morgan fingerprint density at radius 1 is 1.00 bits per heavy atom. The quantitative estimate of drug-likeness (QED) is 0.313. The minimum absolute atomic E-state index is 0.138. The molecular weight excluding hydrogens is 528 g/mol. The van der Waals surface area contributed by atoms with E-state index < -0.39 is 0 Å². The highest BCUT2D eigenvalue weighted by Gasteiger charge is 2.42. The summed E-state index contributed by atoms with van der Waals surface area (Å²) < 4.78 is 4.00. The molecule has 0 bridgehead atoms. The zero-order chi connectivity index (χ0) is 27.3. The van der Waals surface area contributed by atoms with Crippen molar-refractivity contribution in [1.29, 1.82) is 0 Å². The summed E-state index contributed by atoms with van der Waals surface area (Å²) in [6.07, 6.45) is 6.49. The van der Waals surface area contributed by atoms with Gasteiger partial charge in [0, 0.05) is 41.9 Å². The molecule has 0 aliphatic carbocycles. The van der Waals surface area contributed by atoms with Crippen molar-refractivity contribution in [3.63, 3.8) is 0 Å². The van der Waals surface area contributed by atoms with Crippen LogP contribution in [0, 0.1) is 25.7 Å². The molecule has 3 aromatic heterocycles. The van der Waals surface area contributed by atoms with E-state index >= 15 is 0 Å². The first kappa shape index (κ1) is 25.8. The van der Waals surface area contributed by atoms with Crippen molar-refractivity contribution in [2.45, 2.75) is 46.2 Å². The Balaban J connectivity index is 1.43. The van der Waals surface area contributed by atoms with Gasteiger partial charge in [0.15, 0.2) is 5.11 Å². The molecular formula is C29H33ClN8S. The van der Waals surface area contributed by atoms with Gasteiger partial charge in [-0.3, -0.25) is 9.66 Å². The van der Waals surface area contributed by atoms with Crippen LogP contribution in [-0.2, 0) is 0 Å². The van der Waals surface area contributed by atoms with Gasteiger partial charge in [0.1, 0.15) is 12.7 Å². The van der Waals surface area contributed by atoms with Gasteiger partial charge in [0.05, 0.1) is 28.5 Å². The minimum atomic E-state index is -0.143. The molecule has 0 radical (unpaired) electrons. The summed E-state index contributed by atoms with van der Waals surface area (Å²) in [5.74, 6) is 1.29. The topological polar surface area (TPSA) is 67.0 Å². The summed E-state index contributed by atoms with van der Waals surface area (Å²) in [5, 5.41) is 13.0. The Morgan fingerprint density at radius 3 is 2.41 bits per heavy atom. The van der Waals surface area contributed by atoms with E-state index in [1.165, 1.54) is 6.42 Å². The van der Waals surface area contributed by atoms with Gasteiger partial charge in [-0.1, -0.05) is 31.5 Å². The van der Waals surface area contributed by atoms with E-state index in [1.807, 2.05) is 29.1 Å². The maximum Gasteiger partial charge on any atom is 0.174 e. The van der Waals surface area contributed by atoms with E-state index in [4.69, 9.17) is 28.8 Å². The van der Waals surface area contributed by atoms with E-state index in [2.05, 4.69) is 82.0 Å². The Bertz CT molecular complexity index is 1470. The van der Waals surface area contributed by atoms with E-state index in [9.17, 15) is 0 Å². The molecule has 8 nitrogen and oxygen atoms in total. The first-order chi connectivity index (χ1) is 18.8. The van der Waals surface area contributed by atoms with E-state index in [1.54, 1.807) is 12.7 Å². The molecule has 4 atom stereocenters. The smallest absolute Gasteiger partial charge is 0.174 e. The lowest BCUT2D eigenvalue weighted by atomic mass is 9.91.